The van der Waals surface area contributed by atoms with Gasteiger partial charge in [-0.2, -0.15) is 0 Å². The third-order valence-electron chi connectivity index (χ3n) is 3.58. The average Bonchev–Trinajstić information content (AvgIpc) is 3.06. The SMILES string of the molecule is CCc1ccc(N[C@@H](C)c2nnc(-c3ccccc3)o2)cc1. The fraction of sp³-hybridized carbons (Fsp3) is 0.222. The van der Waals surface area contributed by atoms with E-state index < -0.39 is 0 Å². The second-order valence-corrected chi connectivity index (χ2v) is 5.23. The molecule has 22 heavy (non-hydrogen) atoms. The van der Waals surface area contributed by atoms with Gasteiger partial charge in [0.1, 0.15) is 6.04 Å². The monoisotopic (exact) mass is 293 g/mol. The molecule has 0 unspecified atom stereocenters. The van der Waals surface area contributed by atoms with Crippen LogP contribution in [0.3, 0.4) is 0 Å². The molecule has 0 spiro atoms. The topological polar surface area (TPSA) is 51.0 Å². The molecule has 112 valence electrons. The molecule has 1 aromatic heterocycles. The maximum absolute atomic E-state index is 5.76. The lowest BCUT2D eigenvalue weighted by molar-refractivity contribution is 0.485. The molecule has 1 atom stereocenters. The quantitative estimate of drug-likeness (QED) is 0.754. The lowest BCUT2D eigenvalue weighted by Crippen LogP contribution is -2.06. The van der Waals surface area contributed by atoms with E-state index in [4.69, 9.17) is 4.42 Å². The molecule has 0 radical (unpaired) electrons. The summed E-state index contributed by atoms with van der Waals surface area (Å²) in [6, 6.07) is 18.1. The van der Waals surface area contributed by atoms with Gasteiger partial charge in [-0.05, 0) is 43.2 Å². The summed E-state index contributed by atoms with van der Waals surface area (Å²) in [5.74, 6) is 1.13. The normalized spacial score (nSPS) is 12.1. The highest BCUT2D eigenvalue weighted by atomic mass is 16.4. The van der Waals surface area contributed by atoms with Crippen LogP contribution in [0.5, 0.6) is 0 Å². The molecule has 0 bridgehead atoms. The van der Waals surface area contributed by atoms with Gasteiger partial charge in [-0.15, -0.1) is 10.2 Å². The van der Waals surface area contributed by atoms with Crippen LogP contribution in [-0.2, 0) is 6.42 Å². The molecule has 0 saturated carbocycles. The van der Waals surface area contributed by atoms with Gasteiger partial charge in [0, 0.05) is 11.3 Å². The standard InChI is InChI=1S/C18H19N3O/c1-3-14-9-11-16(12-10-14)19-13(2)17-20-21-18(22-17)15-7-5-4-6-8-15/h4-13,19H,3H2,1-2H3/t13-/m0/s1. The minimum Gasteiger partial charge on any atom is -0.418 e. The van der Waals surface area contributed by atoms with E-state index in [1.807, 2.05) is 37.3 Å². The molecule has 0 fully saturated rings. The molecule has 3 rings (SSSR count). The van der Waals surface area contributed by atoms with E-state index in [1.54, 1.807) is 0 Å². The number of nitrogens with zero attached hydrogens (tertiary/aromatic N) is 2. The van der Waals surface area contributed by atoms with E-state index in [2.05, 4.69) is 46.7 Å². The Kier molecular flexibility index (Phi) is 4.19. The van der Waals surface area contributed by atoms with Gasteiger partial charge >= 0.3 is 0 Å². The number of rotatable bonds is 5. The van der Waals surface area contributed by atoms with Gasteiger partial charge in [0.2, 0.25) is 11.8 Å². The lowest BCUT2D eigenvalue weighted by atomic mass is 10.1. The van der Waals surface area contributed by atoms with Crippen LogP contribution in [0.2, 0.25) is 0 Å². The molecule has 0 aliphatic carbocycles. The molecule has 0 saturated heterocycles. The Balaban J connectivity index is 1.72. The van der Waals surface area contributed by atoms with Gasteiger partial charge in [-0.25, -0.2) is 0 Å². The van der Waals surface area contributed by atoms with Crippen molar-refractivity contribution in [1.82, 2.24) is 10.2 Å². The van der Waals surface area contributed by atoms with E-state index in [1.165, 1.54) is 5.56 Å². The summed E-state index contributed by atoms with van der Waals surface area (Å²) >= 11 is 0. The Bertz CT molecular complexity index is 720. The van der Waals surface area contributed by atoms with Crippen LogP contribution in [0.15, 0.2) is 59.0 Å². The predicted molar refractivity (Wildman–Crippen MR) is 87.6 cm³/mol. The van der Waals surface area contributed by atoms with Gasteiger partial charge in [-0.3, -0.25) is 0 Å². The molecule has 1 N–H and O–H groups in total. The third kappa shape index (κ3) is 3.17. The Morgan fingerprint density at radius 1 is 1.00 bits per heavy atom. The molecule has 0 aliphatic rings. The van der Waals surface area contributed by atoms with Crippen molar-refractivity contribution in [3.8, 4) is 11.5 Å². The minimum absolute atomic E-state index is 0.0440. The third-order valence-corrected chi connectivity index (χ3v) is 3.58. The van der Waals surface area contributed by atoms with E-state index in [0.29, 0.717) is 11.8 Å². The van der Waals surface area contributed by atoms with Crippen LogP contribution in [0.4, 0.5) is 5.69 Å². The Morgan fingerprint density at radius 3 is 2.41 bits per heavy atom. The van der Waals surface area contributed by atoms with Crippen molar-refractivity contribution < 1.29 is 4.42 Å². The van der Waals surface area contributed by atoms with Crippen LogP contribution in [0, 0.1) is 0 Å². The van der Waals surface area contributed by atoms with Crippen molar-refractivity contribution in [3.63, 3.8) is 0 Å². The number of nitrogens with one attached hydrogen (secondary N) is 1. The molecule has 4 heteroatoms. The minimum atomic E-state index is -0.0440. The molecular formula is C18H19N3O. The first kappa shape index (κ1) is 14.3. The van der Waals surface area contributed by atoms with Crippen molar-refractivity contribution in [2.45, 2.75) is 26.3 Å². The summed E-state index contributed by atoms with van der Waals surface area (Å²) in [5, 5.41) is 11.6. The number of hydrogen-bond donors (Lipinski definition) is 1. The van der Waals surface area contributed by atoms with Crippen molar-refractivity contribution in [2.24, 2.45) is 0 Å². The second kappa shape index (κ2) is 6.43. The van der Waals surface area contributed by atoms with Gasteiger partial charge < -0.3 is 9.73 Å². The van der Waals surface area contributed by atoms with E-state index in [9.17, 15) is 0 Å². The fourth-order valence-electron chi connectivity index (χ4n) is 2.26. The molecule has 0 aliphatic heterocycles. The Hall–Kier alpha value is -2.62. The highest BCUT2D eigenvalue weighted by Gasteiger charge is 2.14. The zero-order valence-corrected chi connectivity index (χ0v) is 12.8. The predicted octanol–water partition coefficient (Wildman–Crippen LogP) is 4.47. The van der Waals surface area contributed by atoms with Gasteiger partial charge in [0.15, 0.2) is 0 Å². The molecule has 0 amide bonds. The number of aromatic nitrogens is 2. The largest absolute Gasteiger partial charge is 0.418 e. The first-order valence-electron chi connectivity index (χ1n) is 7.50. The maximum Gasteiger partial charge on any atom is 0.247 e. The summed E-state index contributed by atoms with van der Waals surface area (Å²) < 4.78 is 5.76. The van der Waals surface area contributed by atoms with E-state index >= 15 is 0 Å². The second-order valence-electron chi connectivity index (χ2n) is 5.23. The van der Waals surface area contributed by atoms with Crippen molar-refractivity contribution in [2.75, 3.05) is 5.32 Å². The molecule has 2 aromatic carbocycles. The van der Waals surface area contributed by atoms with E-state index in [-0.39, 0.29) is 6.04 Å². The van der Waals surface area contributed by atoms with Gasteiger partial charge in [0.05, 0.1) is 0 Å². The highest BCUT2D eigenvalue weighted by molar-refractivity contribution is 5.52. The first-order chi connectivity index (χ1) is 10.8. The first-order valence-corrected chi connectivity index (χ1v) is 7.50. The lowest BCUT2D eigenvalue weighted by Gasteiger charge is -2.11. The van der Waals surface area contributed by atoms with Gasteiger partial charge in [0.25, 0.3) is 0 Å². The zero-order valence-electron chi connectivity index (χ0n) is 12.8. The number of benzene rings is 2. The maximum atomic E-state index is 5.76. The van der Waals surface area contributed by atoms with Crippen LogP contribution in [0.1, 0.15) is 31.3 Å². The van der Waals surface area contributed by atoms with E-state index in [0.717, 1.165) is 17.7 Å². The average molecular weight is 293 g/mol. The Morgan fingerprint density at radius 2 is 1.73 bits per heavy atom. The highest BCUT2D eigenvalue weighted by Crippen LogP contribution is 2.23. The van der Waals surface area contributed by atoms with Crippen LogP contribution < -0.4 is 5.32 Å². The molecular weight excluding hydrogens is 274 g/mol. The summed E-state index contributed by atoms with van der Waals surface area (Å²) in [6.45, 7) is 4.16. The number of anilines is 1. The van der Waals surface area contributed by atoms with Crippen molar-refractivity contribution >= 4 is 5.69 Å². The smallest absolute Gasteiger partial charge is 0.247 e. The van der Waals surface area contributed by atoms with Crippen LogP contribution >= 0.6 is 0 Å². The van der Waals surface area contributed by atoms with Crippen molar-refractivity contribution in [3.05, 3.63) is 66.1 Å². The summed E-state index contributed by atoms with van der Waals surface area (Å²) in [4.78, 5) is 0. The molecule has 4 nitrogen and oxygen atoms in total. The fourth-order valence-corrected chi connectivity index (χ4v) is 2.26. The summed E-state index contributed by atoms with van der Waals surface area (Å²) in [5.41, 5.74) is 3.30. The molecule has 3 aromatic rings. The van der Waals surface area contributed by atoms with Crippen LogP contribution in [0.25, 0.3) is 11.5 Å². The van der Waals surface area contributed by atoms with Gasteiger partial charge in [-0.1, -0.05) is 37.3 Å². The van der Waals surface area contributed by atoms with Crippen LogP contribution in [-0.4, -0.2) is 10.2 Å². The number of aryl methyl sites for hydroxylation is 1. The molecule has 1 heterocycles. The Labute approximate surface area is 130 Å². The summed E-state index contributed by atoms with van der Waals surface area (Å²) in [6.07, 6.45) is 1.04. The zero-order chi connectivity index (χ0) is 15.4. The van der Waals surface area contributed by atoms with Crippen molar-refractivity contribution in [1.29, 1.82) is 0 Å². The summed E-state index contributed by atoms with van der Waals surface area (Å²) in [7, 11) is 0. The number of hydrogen-bond acceptors (Lipinski definition) is 4.